The Hall–Kier alpha value is -3.71. The number of carbonyl (C=O) groups is 1. The molecule has 2 aromatic carbocycles. The first kappa shape index (κ1) is 22.5. The Labute approximate surface area is 192 Å². The molecule has 1 saturated heterocycles. The van der Waals surface area contributed by atoms with E-state index < -0.39 is 10.0 Å². The van der Waals surface area contributed by atoms with Gasteiger partial charge in [-0.05, 0) is 55.7 Å². The van der Waals surface area contributed by atoms with Crippen LogP contribution in [-0.2, 0) is 10.0 Å². The first-order valence-corrected chi connectivity index (χ1v) is 12.1. The number of nitriles is 1. The Kier molecular flexibility index (Phi) is 6.42. The third-order valence-electron chi connectivity index (χ3n) is 5.50. The van der Waals surface area contributed by atoms with Crippen molar-refractivity contribution in [3.63, 3.8) is 0 Å². The number of hydrogen-bond donors (Lipinski definition) is 1. The third kappa shape index (κ3) is 5.04. The SMILES string of the molecule is Cc1ccc(-c2noc(C(=O)N3CCCCCC3)n2)cc1S(=O)(=O)Nc1ccc(C#N)cc1. The van der Waals surface area contributed by atoms with E-state index in [1.807, 2.05) is 6.07 Å². The summed E-state index contributed by atoms with van der Waals surface area (Å²) in [5.74, 6) is -0.270. The van der Waals surface area contributed by atoms with E-state index >= 15 is 0 Å². The van der Waals surface area contributed by atoms with Gasteiger partial charge in [-0.15, -0.1) is 0 Å². The maximum atomic E-state index is 13.0. The topological polar surface area (TPSA) is 129 Å². The van der Waals surface area contributed by atoms with Gasteiger partial charge in [0.2, 0.25) is 5.82 Å². The highest BCUT2D eigenvalue weighted by Gasteiger charge is 2.24. The van der Waals surface area contributed by atoms with Crippen LogP contribution in [0.1, 0.15) is 47.5 Å². The van der Waals surface area contributed by atoms with E-state index in [0.717, 1.165) is 25.7 Å². The largest absolute Gasteiger partial charge is 0.334 e. The molecule has 0 unspecified atom stereocenters. The molecule has 170 valence electrons. The maximum Gasteiger partial charge on any atom is 0.316 e. The molecule has 0 aliphatic carbocycles. The van der Waals surface area contributed by atoms with E-state index in [2.05, 4.69) is 14.9 Å². The highest BCUT2D eigenvalue weighted by atomic mass is 32.2. The monoisotopic (exact) mass is 465 g/mol. The zero-order chi connectivity index (χ0) is 23.4. The van der Waals surface area contributed by atoms with Crippen LogP contribution in [-0.4, -0.2) is 42.5 Å². The summed E-state index contributed by atoms with van der Waals surface area (Å²) in [7, 11) is -3.92. The number of carbonyl (C=O) groups excluding carboxylic acids is 1. The average Bonchev–Trinajstić information content (AvgIpc) is 3.14. The number of nitrogens with one attached hydrogen (secondary N) is 1. The van der Waals surface area contributed by atoms with E-state index in [-0.39, 0.29) is 22.5 Å². The normalized spacial score (nSPS) is 14.4. The second kappa shape index (κ2) is 9.42. The molecule has 0 atom stereocenters. The van der Waals surface area contributed by atoms with Crippen molar-refractivity contribution in [1.82, 2.24) is 15.0 Å². The Morgan fingerprint density at radius 3 is 2.45 bits per heavy atom. The van der Waals surface area contributed by atoms with Gasteiger partial charge in [-0.3, -0.25) is 9.52 Å². The molecule has 1 aliphatic rings. The summed E-state index contributed by atoms with van der Waals surface area (Å²) in [6.45, 7) is 3.00. The van der Waals surface area contributed by atoms with Crippen molar-refractivity contribution in [3.05, 3.63) is 59.5 Å². The number of sulfonamides is 1. The lowest BCUT2D eigenvalue weighted by Crippen LogP contribution is -2.32. The van der Waals surface area contributed by atoms with Gasteiger partial charge in [0.15, 0.2) is 0 Å². The second-order valence-corrected chi connectivity index (χ2v) is 9.56. The predicted molar refractivity (Wildman–Crippen MR) is 121 cm³/mol. The third-order valence-corrected chi connectivity index (χ3v) is 7.03. The first-order valence-electron chi connectivity index (χ1n) is 10.6. The van der Waals surface area contributed by atoms with Crippen molar-refractivity contribution in [2.75, 3.05) is 17.8 Å². The molecule has 1 aromatic heterocycles. The van der Waals surface area contributed by atoms with Crippen LogP contribution in [0.3, 0.4) is 0 Å². The number of nitrogens with zero attached hydrogens (tertiary/aromatic N) is 4. The summed E-state index contributed by atoms with van der Waals surface area (Å²) in [6, 6.07) is 12.9. The van der Waals surface area contributed by atoms with Crippen LogP contribution in [0.25, 0.3) is 11.4 Å². The molecule has 0 spiro atoms. The Morgan fingerprint density at radius 1 is 1.09 bits per heavy atom. The second-order valence-electron chi connectivity index (χ2n) is 7.90. The molecule has 9 nitrogen and oxygen atoms in total. The van der Waals surface area contributed by atoms with Crippen molar-refractivity contribution in [1.29, 1.82) is 5.26 Å². The van der Waals surface area contributed by atoms with Gasteiger partial charge in [-0.25, -0.2) is 8.42 Å². The molecule has 1 aliphatic heterocycles. The summed E-state index contributed by atoms with van der Waals surface area (Å²) in [4.78, 5) is 18.7. The van der Waals surface area contributed by atoms with Crippen LogP contribution in [0.2, 0.25) is 0 Å². The molecule has 3 aromatic rings. The zero-order valence-corrected chi connectivity index (χ0v) is 18.9. The van der Waals surface area contributed by atoms with Gasteiger partial charge in [0.05, 0.1) is 16.5 Å². The number of benzene rings is 2. The van der Waals surface area contributed by atoms with Gasteiger partial charge in [0, 0.05) is 24.3 Å². The summed E-state index contributed by atoms with van der Waals surface area (Å²) >= 11 is 0. The van der Waals surface area contributed by atoms with Gasteiger partial charge in [-0.1, -0.05) is 30.1 Å². The van der Waals surface area contributed by atoms with Crippen molar-refractivity contribution < 1.29 is 17.7 Å². The molecule has 1 N–H and O–H groups in total. The highest BCUT2D eigenvalue weighted by Crippen LogP contribution is 2.26. The molecule has 1 fully saturated rings. The van der Waals surface area contributed by atoms with Crippen LogP contribution < -0.4 is 4.72 Å². The standard InChI is InChI=1S/C23H23N5O4S/c1-16-6-9-18(14-20(16)33(30,31)27-19-10-7-17(15-24)8-11-19)21-25-22(32-26-21)23(29)28-12-4-2-3-5-13-28/h6-11,14,27H,2-5,12-13H2,1H3. The zero-order valence-electron chi connectivity index (χ0n) is 18.1. The molecule has 0 saturated carbocycles. The molecule has 2 heterocycles. The van der Waals surface area contributed by atoms with Crippen LogP contribution in [0.15, 0.2) is 51.9 Å². The average molecular weight is 466 g/mol. The Balaban J connectivity index is 1.58. The predicted octanol–water partition coefficient (Wildman–Crippen LogP) is 3.73. The summed E-state index contributed by atoms with van der Waals surface area (Å²) in [6.07, 6.45) is 4.07. The smallest absolute Gasteiger partial charge is 0.316 e. The number of likely N-dealkylation sites (tertiary alicyclic amines) is 1. The molecule has 1 amide bonds. The number of rotatable bonds is 5. The van der Waals surface area contributed by atoms with Crippen molar-refractivity contribution in [3.8, 4) is 17.5 Å². The van der Waals surface area contributed by atoms with Crippen LogP contribution in [0, 0.1) is 18.3 Å². The van der Waals surface area contributed by atoms with Gasteiger partial charge in [-0.2, -0.15) is 10.2 Å². The van der Waals surface area contributed by atoms with Crippen molar-refractivity contribution in [2.45, 2.75) is 37.5 Å². The molecule has 4 rings (SSSR count). The van der Waals surface area contributed by atoms with Gasteiger partial charge in [0.1, 0.15) is 0 Å². The number of amides is 1. The fraction of sp³-hybridized carbons (Fsp3) is 0.304. The minimum absolute atomic E-state index is 0.0505. The van der Waals surface area contributed by atoms with E-state index in [4.69, 9.17) is 9.78 Å². The molecule has 0 radical (unpaired) electrons. The van der Waals surface area contributed by atoms with Gasteiger partial charge >= 0.3 is 11.8 Å². The van der Waals surface area contributed by atoms with E-state index in [1.165, 1.54) is 30.3 Å². The fourth-order valence-electron chi connectivity index (χ4n) is 3.69. The number of aromatic nitrogens is 2. The molecule has 10 heteroatoms. The summed E-state index contributed by atoms with van der Waals surface area (Å²) < 4.78 is 33.7. The lowest BCUT2D eigenvalue weighted by molar-refractivity contribution is 0.0711. The van der Waals surface area contributed by atoms with Crippen LogP contribution in [0.4, 0.5) is 5.69 Å². The maximum absolute atomic E-state index is 13.0. The number of anilines is 1. The lowest BCUT2D eigenvalue weighted by atomic mass is 10.1. The van der Waals surface area contributed by atoms with E-state index in [9.17, 15) is 13.2 Å². The van der Waals surface area contributed by atoms with E-state index in [1.54, 1.807) is 24.0 Å². The first-order chi connectivity index (χ1) is 15.9. The fourth-order valence-corrected chi connectivity index (χ4v) is 5.02. The van der Waals surface area contributed by atoms with Crippen LogP contribution >= 0.6 is 0 Å². The van der Waals surface area contributed by atoms with Gasteiger partial charge < -0.3 is 9.42 Å². The highest BCUT2D eigenvalue weighted by molar-refractivity contribution is 7.92. The Bertz CT molecular complexity index is 1300. The summed E-state index contributed by atoms with van der Waals surface area (Å²) in [5, 5.41) is 12.8. The minimum Gasteiger partial charge on any atom is -0.334 e. The van der Waals surface area contributed by atoms with Crippen molar-refractivity contribution >= 4 is 21.6 Å². The quantitative estimate of drug-likeness (QED) is 0.608. The molecular formula is C23H23N5O4S. The molecule has 33 heavy (non-hydrogen) atoms. The number of aryl methyl sites for hydroxylation is 1. The van der Waals surface area contributed by atoms with E-state index in [0.29, 0.717) is 35.5 Å². The Morgan fingerprint density at radius 2 is 1.79 bits per heavy atom. The molecule has 0 bridgehead atoms. The molecular weight excluding hydrogens is 442 g/mol. The van der Waals surface area contributed by atoms with Crippen LogP contribution in [0.5, 0.6) is 0 Å². The lowest BCUT2D eigenvalue weighted by Gasteiger charge is -2.17. The number of hydrogen-bond acceptors (Lipinski definition) is 7. The minimum atomic E-state index is -3.92. The van der Waals surface area contributed by atoms with Crippen molar-refractivity contribution in [2.24, 2.45) is 0 Å². The summed E-state index contributed by atoms with van der Waals surface area (Å²) in [5.41, 5.74) is 1.71. The van der Waals surface area contributed by atoms with Gasteiger partial charge in [0.25, 0.3) is 10.0 Å².